The molecule has 1 saturated heterocycles. The normalized spacial score (nSPS) is 16.9. The molecular formula is C29H27F3N6O2. The third-order valence-electron chi connectivity index (χ3n) is 7.44. The number of aromatic nitrogens is 3. The fraction of sp³-hybridized carbons (Fsp3) is 0.310. The van der Waals surface area contributed by atoms with E-state index in [-0.39, 0.29) is 47.1 Å². The molecule has 0 unspecified atom stereocenters. The Bertz CT molecular complexity index is 1630. The van der Waals surface area contributed by atoms with Gasteiger partial charge < -0.3 is 20.5 Å². The molecule has 3 N–H and O–H groups in total. The molecule has 0 atom stereocenters. The van der Waals surface area contributed by atoms with Crippen LogP contribution in [0.5, 0.6) is 0 Å². The molecule has 0 bridgehead atoms. The van der Waals surface area contributed by atoms with Gasteiger partial charge in [0.1, 0.15) is 11.6 Å². The van der Waals surface area contributed by atoms with Crippen LogP contribution in [0.4, 0.5) is 36.1 Å². The van der Waals surface area contributed by atoms with Crippen LogP contribution in [0.25, 0.3) is 22.2 Å². The Hall–Kier alpha value is -4.41. The fourth-order valence-electron chi connectivity index (χ4n) is 5.32. The number of benzene rings is 1. The Morgan fingerprint density at radius 2 is 1.85 bits per heavy atom. The number of fused-ring (bicyclic) bond motifs is 1. The van der Waals surface area contributed by atoms with Crippen LogP contribution in [0.2, 0.25) is 0 Å². The highest BCUT2D eigenvalue weighted by atomic mass is 19.3. The number of amides is 1. The van der Waals surface area contributed by atoms with Crippen molar-refractivity contribution in [3.63, 3.8) is 0 Å². The first kappa shape index (κ1) is 25.8. The lowest BCUT2D eigenvalue weighted by molar-refractivity contribution is -0.120. The lowest BCUT2D eigenvalue weighted by atomic mass is 9.88. The molecule has 1 aliphatic carbocycles. The van der Waals surface area contributed by atoms with Gasteiger partial charge in [0, 0.05) is 23.4 Å². The minimum absolute atomic E-state index is 0.0557. The third kappa shape index (κ3) is 5.23. The maximum Gasteiger partial charge on any atom is 0.282 e. The molecule has 4 aromatic rings. The number of carbonyl (C=O) groups is 1. The van der Waals surface area contributed by atoms with Crippen molar-refractivity contribution in [1.29, 1.82) is 0 Å². The van der Waals surface area contributed by atoms with Gasteiger partial charge in [-0.3, -0.25) is 9.59 Å². The molecule has 2 fully saturated rings. The highest BCUT2D eigenvalue weighted by Gasteiger charge is 2.44. The SMILES string of the molecule is O=C(Nc1ccc(-c2cc(Nc3ccc(N4CC(F)(F)C4)cn3)c3c(=O)[nH]ccc3n2)c(F)c1)C1CCCCC1. The van der Waals surface area contributed by atoms with E-state index in [9.17, 15) is 18.4 Å². The molecule has 1 saturated carbocycles. The molecular weight excluding hydrogens is 521 g/mol. The first-order chi connectivity index (χ1) is 19.3. The summed E-state index contributed by atoms with van der Waals surface area (Å²) in [6, 6.07) is 10.9. The molecule has 1 aromatic carbocycles. The number of aromatic amines is 1. The predicted molar refractivity (Wildman–Crippen MR) is 148 cm³/mol. The number of hydrogen-bond acceptors (Lipinski definition) is 6. The topological polar surface area (TPSA) is 103 Å². The number of H-pyrrole nitrogens is 1. The summed E-state index contributed by atoms with van der Waals surface area (Å²) >= 11 is 0. The number of carbonyl (C=O) groups excluding carboxylic acids is 1. The van der Waals surface area contributed by atoms with E-state index in [1.54, 1.807) is 36.4 Å². The summed E-state index contributed by atoms with van der Waals surface area (Å²) in [7, 11) is 0. The fourth-order valence-corrected chi connectivity index (χ4v) is 5.32. The lowest BCUT2D eigenvalue weighted by Crippen LogP contribution is -2.56. The second-order valence-electron chi connectivity index (χ2n) is 10.4. The lowest BCUT2D eigenvalue weighted by Gasteiger charge is -2.40. The van der Waals surface area contributed by atoms with Crippen molar-refractivity contribution in [3.8, 4) is 11.3 Å². The quantitative estimate of drug-likeness (QED) is 0.280. The van der Waals surface area contributed by atoms with Crippen molar-refractivity contribution in [2.75, 3.05) is 28.6 Å². The van der Waals surface area contributed by atoms with Gasteiger partial charge in [0.2, 0.25) is 5.91 Å². The molecule has 1 aliphatic heterocycles. The minimum atomic E-state index is -2.70. The van der Waals surface area contributed by atoms with E-state index in [1.807, 2.05) is 0 Å². The molecule has 0 radical (unpaired) electrons. The van der Waals surface area contributed by atoms with Crippen LogP contribution in [-0.4, -0.2) is 39.9 Å². The van der Waals surface area contributed by atoms with Crippen LogP contribution in [0.3, 0.4) is 0 Å². The monoisotopic (exact) mass is 548 g/mol. The zero-order valence-corrected chi connectivity index (χ0v) is 21.5. The van der Waals surface area contributed by atoms with Crippen LogP contribution in [0, 0.1) is 11.7 Å². The number of rotatable bonds is 6. The zero-order chi connectivity index (χ0) is 27.9. The van der Waals surface area contributed by atoms with Gasteiger partial charge in [-0.05, 0) is 55.3 Å². The van der Waals surface area contributed by atoms with Crippen molar-refractivity contribution in [3.05, 3.63) is 71.0 Å². The first-order valence-electron chi connectivity index (χ1n) is 13.2. The largest absolute Gasteiger partial charge is 0.358 e. The molecule has 4 heterocycles. The van der Waals surface area contributed by atoms with Crippen molar-refractivity contribution in [2.45, 2.75) is 38.0 Å². The van der Waals surface area contributed by atoms with Gasteiger partial charge in [-0.15, -0.1) is 0 Å². The van der Waals surface area contributed by atoms with E-state index in [1.165, 1.54) is 23.4 Å². The van der Waals surface area contributed by atoms with Crippen molar-refractivity contribution >= 4 is 39.7 Å². The Labute approximate surface area is 227 Å². The van der Waals surface area contributed by atoms with Crippen LogP contribution in [-0.2, 0) is 4.79 Å². The number of nitrogens with zero attached hydrogens (tertiary/aromatic N) is 3. The van der Waals surface area contributed by atoms with E-state index in [0.717, 1.165) is 32.1 Å². The number of halogens is 3. The van der Waals surface area contributed by atoms with Gasteiger partial charge in [0.05, 0.1) is 47.3 Å². The molecule has 11 heteroatoms. The van der Waals surface area contributed by atoms with Crippen LogP contribution < -0.4 is 21.1 Å². The minimum Gasteiger partial charge on any atom is -0.358 e. The van der Waals surface area contributed by atoms with Crippen molar-refractivity contribution in [2.24, 2.45) is 5.92 Å². The van der Waals surface area contributed by atoms with E-state index in [0.29, 0.717) is 28.4 Å². The van der Waals surface area contributed by atoms with E-state index >= 15 is 4.39 Å². The van der Waals surface area contributed by atoms with Crippen molar-refractivity contribution < 1.29 is 18.0 Å². The first-order valence-corrected chi connectivity index (χ1v) is 13.2. The van der Waals surface area contributed by atoms with Gasteiger partial charge in [-0.2, -0.15) is 0 Å². The van der Waals surface area contributed by atoms with Gasteiger partial charge in [0.25, 0.3) is 11.5 Å². The van der Waals surface area contributed by atoms with E-state index in [2.05, 4.69) is 25.6 Å². The molecule has 40 heavy (non-hydrogen) atoms. The van der Waals surface area contributed by atoms with Crippen LogP contribution >= 0.6 is 0 Å². The van der Waals surface area contributed by atoms with Crippen LogP contribution in [0.1, 0.15) is 32.1 Å². The summed E-state index contributed by atoms with van der Waals surface area (Å²) in [6.45, 7) is -0.715. The van der Waals surface area contributed by atoms with Gasteiger partial charge in [0.15, 0.2) is 0 Å². The maximum absolute atomic E-state index is 15.3. The molecule has 3 aromatic heterocycles. The number of hydrogen-bond donors (Lipinski definition) is 3. The number of nitrogens with one attached hydrogen (secondary N) is 3. The molecule has 206 valence electrons. The summed E-state index contributed by atoms with van der Waals surface area (Å²) in [6.07, 6.45) is 7.80. The summed E-state index contributed by atoms with van der Waals surface area (Å²) in [4.78, 5) is 38.3. The van der Waals surface area contributed by atoms with Gasteiger partial charge in [-0.1, -0.05) is 19.3 Å². The average Bonchev–Trinajstić information content (AvgIpc) is 2.92. The summed E-state index contributed by atoms with van der Waals surface area (Å²) in [5, 5.41) is 6.18. The standard InChI is InChI=1S/C29H27F3N6O2/c30-21-12-18(35-27(39)17-4-2-1-3-5-17)6-8-20(21)23-13-24(26-22(36-23)10-11-33-28(26)40)37-25-9-7-19(14-34-25)38-15-29(31,32)16-38/h6-14,17H,1-5,15-16H2,(H,33,40)(H,35,39)(H,34,36,37). The van der Waals surface area contributed by atoms with E-state index in [4.69, 9.17) is 0 Å². The van der Waals surface area contributed by atoms with Gasteiger partial charge in [-0.25, -0.2) is 23.1 Å². The Kier molecular flexibility index (Phi) is 6.65. The number of anilines is 4. The second kappa shape index (κ2) is 10.3. The summed E-state index contributed by atoms with van der Waals surface area (Å²) in [5.74, 6) is -3.04. The van der Waals surface area contributed by atoms with Gasteiger partial charge >= 0.3 is 0 Å². The number of alkyl halides is 2. The predicted octanol–water partition coefficient (Wildman–Crippen LogP) is 5.84. The Morgan fingerprint density at radius 3 is 2.55 bits per heavy atom. The molecule has 0 spiro atoms. The maximum atomic E-state index is 15.3. The third-order valence-corrected chi connectivity index (χ3v) is 7.44. The summed E-state index contributed by atoms with van der Waals surface area (Å²) in [5.41, 5.74) is 1.72. The van der Waals surface area contributed by atoms with Crippen LogP contribution in [0.15, 0.2) is 59.7 Å². The summed E-state index contributed by atoms with van der Waals surface area (Å²) < 4.78 is 41.8. The second-order valence-corrected chi connectivity index (χ2v) is 10.4. The van der Waals surface area contributed by atoms with E-state index < -0.39 is 11.7 Å². The van der Waals surface area contributed by atoms with Crippen molar-refractivity contribution in [1.82, 2.24) is 15.0 Å². The molecule has 1 amide bonds. The zero-order valence-electron chi connectivity index (χ0n) is 21.5. The molecule has 2 aliphatic rings. The number of pyridine rings is 3. The molecule has 8 nitrogen and oxygen atoms in total. The average molecular weight is 549 g/mol. The smallest absolute Gasteiger partial charge is 0.282 e. The Morgan fingerprint density at radius 1 is 1.05 bits per heavy atom. The highest BCUT2D eigenvalue weighted by molar-refractivity contribution is 5.95. The molecule has 6 rings (SSSR count). The Balaban J connectivity index is 1.28. The highest BCUT2D eigenvalue weighted by Crippen LogP contribution is 2.34.